The van der Waals surface area contributed by atoms with Gasteiger partial charge in [-0.3, -0.25) is 14.4 Å². The third kappa shape index (κ3) is 8.26. The second-order valence-electron chi connectivity index (χ2n) is 4.75. The number of aromatic nitrogens is 2. The smallest absolute Gasteiger partial charge is 0.290 e. The lowest BCUT2D eigenvalue weighted by Crippen LogP contribution is -2.31. The van der Waals surface area contributed by atoms with Crippen molar-refractivity contribution in [2.45, 2.75) is 12.8 Å². The quantitative estimate of drug-likeness (QED) is 0.548. The van der Waals surface area contributed by atoms with Gasteiger partial charge >= 0.3 is 0 Å². The molecule has 1 heterocycles. The Hall–Kier alpha value is -3.23. The maximum absolute atomic E-state index is 12.7. The summed E-state index contributed by atoms with van der Waals surface area (Å²) in [4.78, 5) is 38.7. The van der Waals surface area contributed by atoms with Crippen LogP contribution in [0.25, 0.3) is 0 Å². The molecule has 0 aliphatic rings. The monoisotopic (exact) mass is 350 g/mol. The van der Waals surface area contributed by atoms with Crippen molar-refractivity contribution >= 4 is 18.3 Å². The molecule has 0 spiro atoms. The summed E-state index contributed by atoms with van der Waals surface area (Å²) in [5.41, 5.74) is 0.361. The Morgan fingerprint density at radius 1 is 1.20 bits per heavy atom. The van der Waals surface area contributed by atoms with E-state index in [1.807, 2.05) is 0 Å². The minimum Gasteiger partial charge on any atom is -0.483 e. The van der Waals surface area contributed by atoms with E-state index in [9.17, 15) is 14.0 Å². The molecule has 2 rings (SSSR count). The van der Waals surface area contributed by atoms with Crippen molar-refractivity contribution in [1.82, 2.24) is 20.6 Å². The maximum Gasteiger partial charge on any atom is 0.290 e. The fourth-order valence-corrected chi connectivity index (χ4v) is 1.84. The van der Waals surface area contributed by atoms with Crippen molar-refractivity contribution in [1.29, 1.82) is 0 Å². The van der Waals surface area contributed by atoms with Gasteiger partial charge in [-0.15, -0.1) is 0 Å². The van der Waals surface area contributed by atoms with Gasteiger partial charge < -0.3 is 20.7 Å². The van der Waals surface area contributed by atoms with Crippen molar-refractivity contribution in [2.24, 2.45) is 0 Å². The first-order valence-corrected chi connectivity index (χ1v) is 7.43. The number of rotatable bonds is 7. The van der Waals surface area contributed by atoms with Crippen LogP contribution in [0.3, 0.4) is 0 Å². The molecule has 0 radical (unpaired) electrons. The Kier molecular flexibility index (Phi) is 8.98. The summed E-state index contributed by atoms with van der Waals surface area (Å²) < 4.78 is 12.7. The minimum atomic E-state index is -0.396. The molecule has 0 fully saturated rings. The number of nitrogens with one attached hydrogen (secondary N) is 3. The molecular formula is C16H19FN4O4. The van der Waals surface area contributed by atoms with Gasteiger partial charge in [0.2, 0.25) is 5.91 Å². The zero-order valence-electron chi connectivity index (χ0n) is 13.4. The molecule has 0 aliphatic carbocycles. The van der Waals surface area contributed by atoms with Crippen LogP contribution in [0.2, 0.25) is 0 Å². The van der Waals surface area contributed by atoms with E-state index >= 15 is 0 Å². The fourth-order valence-electron chi connectivity index (χ4n) is 1.84. The largest absolute Gasteiger partial charge is 0.483 e. The van der Waals surface area contributed by atoms with E-state index in [0.717, 1.165) is 5.82 Å². The standard InChI is InChI=1S/C15H17FN4O2.CH2O2/c16-12-3-1-11(2-4-12)15(22)20-8-6-14(21)19-7-5-13-17-9-10-18-13;2-1-3/h1-4,9-10H,5-8H2,(H,17,18)(H,19,21)(H,20,22);1H,(H,2,3). The van der Waals surface area contributed by atoms with Crippen LogP contribution >= 0.6 is 0 Å². The zero-order chi connectivity index (χ0) is 18.5. The number of hydrogen-bond donors (Lipinski definition) is 4. The topological polar surface area (TPSA) is 124 Å². The van der Waals surface area contributed by atoms with Crippen molar-refractivity contribution in [3.8, 4) is 0 Å². The number of carbonyl (C=O) groups excluding carboxylic acids is 2. The minimum absolute atomic E-state index is 0.147. The van der Waals surface area contributed by atoms with Gasteiger partial charge in [0.1, 0.15) is 11.6 Å². The number of H-pyrrole nitrogens is 1. The van der Waals surface area contributed by atoms with Gasteiger partial charge in [0.05, 0.1) is 0 Å². The highest BCUT2D eigenvalue weighted by molar-refractivity contribution is 5.94. The fraction of sp³-hybridized carbons (Fsp3) is 0.250. The third-order valence-electron chi connectivity index (χ3n) is 2.98. The molecule has 2 amide bonds. The number of carbonyl (C=O) groups is 3. The molecule has 25 heavy (non-hydrogen) atoms. The third-order valence-corrected chi connectivity index (χ3v) is 2.98. The summed E-state index contributed by atoms with van der Waals surface area (Å²) in [6.07, 6.45) is 4.19. The van der Waals surface area contributed by atoms with Crippen molar-refractivity contribution < 1.29 is 23.9 Å². The number of benzene rings is 1. The van der Waals surface area contributed by atoms with Crippen molar-refractivity contribution in [2.75, 3.05) is 13.1 Å². The van der Waals surface area contributed by atoms with Crippen LogP contribution in [0, 0.1) is 5.82 Å². The van der Waals surface area contributed by atoms with Gasteiger partial charge in [0.15, 0.2) is 0 Å². The van der Waals surface area contributed by atoms with E-state index < -0.39 is 5.82 Å². The lowest BCUT2D eigenvalue weighted by atomic mass is 10.2. The van der Waals surface area contributed by atoms with E-state index in [4.69, 9.17) is 9.90 Å². The first-order valence-electron chi connectivity index (χ1n) is 7.43. The highest BCUT2D eigenvalue weighted by Gasteiger charge is 2.06. The first-order chi connectivity index (χ1) is 12.1. The molecule has 134 valence electrons. The molecule has 4 N–H and O–H groups in total. The Balaban J connectivity index is 0.000000970. The number of hydrogen-bond acceptors (Lipinski definition) is 4. The van der Waals surface area contributed by atoms with Gasteiger partial charge in [-0.05, 0) is 24.3 Å². The molecule has 0 bridgehead atoms. The Morgan fingerprint density at radius 2 is 1.88 bits per heavy atom. The Labute approximate surface area is 143 Å². The molecule has 9 heteroatoms. The summed E-state index contributed by atoms with van der Waals surface area (Å²) in [5.74, 6) is -0.0632. The summed E-state index contributed by atoms with van der Waals surface area (Å²) >= 11 is 0. The number of imidazole rings is 1. The average Bonchev–Trinajstić information content (AvgIpc) is 3.09. The molecule has 0 unspecified atom stereocenters. The van der Waals surface area contributed by atoms with Crippen LogP contribution in [0.15, 0.2) is 36.7 Å². The van der Waals surface area contributed by atoms with Crippen LogP contribution in [0.1, 0.15) is 22.6 Å². The SMILES string of the molecule is O=C(CCNC(=O)c1ccc(F)cc1)NCCc1ncc[nH]1.O=CO. The van der Waals surface area contributed by atoms with Crippen molar-refractivity contribution in [3.05, 3.63) is 53.9 Å². The normalized spacial score (nSPS) is 9.48. The summed E-state index contributed by atoms with van der Waals surface area (Å²) in [7, 11) is 0. The number of aromatic amines is 1. The van der Waals surface area contributed by atoms with Crippen LogP contribution in [-0.4, -0.2) is 46.5 Å². The lowest BCUT2D eigenvalue weighted by Gasteiger charge is -2.06. The zero-order valence-corrected chi connectivity index (χ0v) is 13.4. The van der Waals surface area contributed by atoms with Crippen LogP contribution in [0.4, 0.5) is 4.39 Å². The highest BCUT2D eigenvalue weighted by Crippen LogP contribution is 2.02. The van der Waals surface area contributed by atoms with Gasteiger partial charge in [-0.25, -0.2) is 9.37 Å². The van der Waals surface area contributed by atoms with Gasteiger partial charge in [-0.1, -0.05) is 0 Å². The van der Waals surface area contributed by atoms with E-state index in [0.29, 0.717) is 18.5 Å². The first kappa shape index (κ1) is 19.8. The summed E-state index contributed by atoms with van der Waals surface area (Å²) in [6.45, 7) is 0.459. The van der Waals surface area contributed by atoms with Crippen molar-refractivity contribution in [3.63, 3.8) is 0 Å². The van der Waals surface area contributed by atoms with Crippen LogP contribution in [0.5, 0.6) is 0 Å². The molecule has 0 atom stereocenters. The second kappa shape index (κ2) is 11.3. The molecule has 0 saturated carbocycles. The van der Waals surface area contributed by atoms with E-state index in [1.165, 1.54) is 24.3 Å². The predicted molar refractivity (Wildman–Crippen MR) is 87.3 cm³/mol. The van der Waals surface area contributed by atoms with Crippen LogP contribution in [-0.2, 0) is 16.0 Å². The summed E-state index contributed by atoms with van der Waals surface area (Å²) in [5, 5.41) is 12.2. The molecule has 8 nitrogen and oxygen atoms in total. The number of amides is 2. The molecule has 1 aromatic heterocycles. The number of carboxylic acid groups (broad SMARTS) is 1. The van der Waals surface area contributed by atoms with E-state index in [2.05, 4.69) is 20.6 Å². The molecule has 0 saturated heterocycles. The van der Waals surface area contributed by atoms with Gasteiger partial charge in [0.25, 0.3) is 12.4 Å². The molecule has 0 aliphatic heterocycles. The van der Waals surface area contributed by atoms with E-state index in [1.54, 1.807) is 12.4 Å². The second-order valence-corrected chi connectivity index (χ2v) is 4.75. The lowest BCUT2D eigenvalue weighted by molar-refractivity contribution is -0.123. The average molecular weight is 350 g/mol. The van der Waals surface area contributed by atoms with Gasteiger partial charge in [-0.2, -0.15) is 0 Å². The van der Waals surface area contributed by atoms with Gasteiger partial charge in [0, 0.05) is 43.9 Å². The summed E-state index contributed by atoms with van der Waals surface area (Å²) in [6, 6.07) is 5.23. The molecule has 2 aromatic rings. The number of halogens is 1. The Morgan fingerprint density at radius 3 is 2.48 bits per heavy atom. The predicted octanol–water partition coefficient (Wildman–Crippen LogP) is 0.728. The maximum atomic E-state index is 12.7. The number of nitrogens with zero attached hydrogens (tertiary/aromatic N) is 1. The van der Waals surface area contributed by atoms with E-state index in [-0.39, 0.29) is 31.3 Å². The Bertz CT molecular complexity index is 659. The molecule has 1 aromatic carbocycles. The highest BCUT2D eigenvalue weighted by atomic mass is 19.1. The molecular weight excluding hydrogens is 331 g/mol. The van der Waals surface area contributed by atoms with Crippen LogP contribution < -0.4 is 10.6 Å².